The molecule has 21 heavy (non-hydrogen) atoms. The molecule has 0 bridgehead atoms. The highest BCUT2D eigenvalue weighted by atomic mass is 79.9. The van der Waals surface area contributed by atoms with Gasteiger partial charge in [0.15, 0.2) is 0 Å². The maximum Gasteiger partial charge on any atom is 0.0758 e. The molecule has 0 aromatic carbocycles. The molecule has 3 nitrogen and oxygen atoms in total. The summed E-state index contributed by atoms with van der Waals surface area (Å²) >= 11 is 8.98. The maximum absolute atomic E-state index is 4.65. The van der Waals surface area contributed by atoms with E-state index >= 15 is 0 Å². The van der Waals surface area contributed by atoms with Crippen molar-refractivity contribution in [2.45, 2.75) is 46.2 Å². The Morgan fingerprint density at radius 2 is 2.05 bits per heavy atom. The Labute approximate surface area is 147 Å². The van der Waals surface area contributed by atoms with Crippen LogP contribution in [0.15, 0.2) is 19.7 Å². The number of nitrogens with one attached hydrogen (secondary N) is 1. The molecule has 0 saturated carbocycles. The summed E-state index contributed by atoms with van der Waals surface area (Å²) in [7, 11) is 0. The van der Waals surface area contributed by atoms with Crippen molar-refractivity contribution in [3.63, 3.8) is 0 Å². The molecule has 1 N–H and O–H groups in total. The normalized spacial score (nSPS) is 12.8. The zero-order chi connectivity index (χ0) is 15.4. The van der Waals surface area contributed by atoms with Crippen LogP contribution in [-0.4, -0.2) is 16.3 Å². The minimum atomic E-state index is 0.304. The van der Waals surface area contributed by atoms with Crippen LogP contribution < -0.4 is 5.32 Å². The molecule has 2 heterocycles. The molecular weight excluding hydrogens is 414 g/mol. The van der Waals surface area contributed by atoms with Crippen LogP contribution in [0.2, 0.25) is 0 Å². The molecular formula is C15H21Br2N3S. The Balaban J connectivity index is 2.27. The zero-order valence-electron chi connectivity index (χ0n) is 12.6. The molecule has 2 rings (SSSR count). The summed E-state index contributed by atoms with van der Waals surface area (Å²) in [6, 6.07) is 4.75. The Morgan fingerprint density at radius 3 is 2.57 bits per heavy atom. The van der Waals surface area contributed by atoms with Crippen LogP contribution >= 0.6 is 43.2 Å². The largest absolute Gasteiger partial charge is 0.310 e. The van der Waals surface area contributed by atoms with E-state index in [9.17, 15) is 0 Å². The Bertz CT molecular complexity index is 592. The van der Waals surface area contributed by atoms with Gasteiger partial charge in [-0.3, -0.25) is 4.68 Å². The number of likely N-dealkylation sites (N-methyl/N-ethyl adjacent to an activating group) is 1. The molecule has 1 unspecified atom stereocenters. The van der Waals surface area contributed by atoms with Crippen LogP contribution in [0, 0.1) is 0 Å². The van der Waals surface area contributed by atoms with E-state index in [0.717, 1.165) is 29.7 Å². The van der Waals surface area contributed by atoms with Crippen molar-refractivity contribution >= 4 is 43.2 Å². The SMILES string of the molecule is CCNC(Cc1cc(CC)nn1CC)c1cc(Br)sc1Br. The van der Waals surface area contributed by atoms with Gasteiger partial charge in [-0.2, -0.15) is 5.10 Å². The summed E-state index contributed by atoms with van der Waals surface area (Å²) in [4.78, 5) is 0. The van der Waals surface area contributed by atoms with Crippen LogP contribution in [0.1, 0.15) is 43.8 Å². The fourth-order valence-electron chi connectivity index (χ4n) is 2.46. The molecule has 0 fully saturated rings. The van der Waals surface area contributed by atoms with E-state index < -0.39 is 0 Å². The van der Waals surface area contributed by atoms with Crippen molar-refractivity contribution in [2.24, 2.45) is 0 Å². The summed E-state index contributed by atoms with van der Waals surface area (Å²) in [5.74, 6) is 0. The Hall–Kier alpha value is -0.170. The number of aromatic nitrogens is 2. The summed E-state index contributed by atoms with van der Waals surface area (Å²) in [5, 5.41) is 8.25. The highest BCUT2D eigenvalue weighted by molar-refractivity contribution is 9.12. The number of nitrogens with zero attached hydrogens (tertiary/aromatic N) is 2. The molecule has 0 saturated heterocycles. The van der Waals surface area contributed by atoms with E-state index in [0.29, 0.717) is 6.04 Å². The quantitative estimate of drug-likeness (QED) is 0.668. The van der Waals surface area contributed by atoms with E-state index in [1.807, 2.05) is 0 Å². The van der Waals surface area contributed by atoms with Gasteiger partial charge in [-0.05, 0) is 69.4 Å². The second-order valence-corrected chi connectivity index (χ2v) is 8.64. The molecule has 116 valence electrons. The first-order valence-corrected chi connectivity index (χ1v) is 9.72. The molecule has 1 atom stereocenters. The highest BCUT2D eigenvalue weighted by Gasteiger charge is 2.19. The van der Waals surface area contributed by atoms with Crippen LogP contribution in [0.3, 0.4) is 0 Å². The van der Waals surface area contributed by atoms with Gasteiger partial charge in [-0.15, -0.1) is 11.3 Å². The van der Waals surface area contributed by atoms with E-state index in [1.165, 1.54) is 20.7 Å². The average Bonchev–Trinajstić information content (AvgIpc) is 3.01. The number of halogens is 2. The van der Waals surface area contributed by atoms with Crippen LogP contribution in [-0.2, 0) is 19.4 Å². The molecule has 0 aliphatic rings. The van der Waals surface area contributed by atoms with E-state index in [2.05, 4.69) is 79.9 Å². The van der Waals surface area contributed by atoms with Crippen molar-refractivity contribution in [1.82, 2.24) is 15.1 Å². The Morgan fingerprint density at radius 1 is 1.29 bits per heavy atom. The molecule has 0 spiro atoms. The molecule has 0 aliphatic carbocycles. The fraction of sp³-hybridized carbons (Fsp3) is 0.533. The third-order valence-electron chi connectivity index (χ3n) is 3.50. The zero-order valence-corrected chi connectivity index (χ0v) is 16.6. The van der Waals surface area contributed by atoms with Crippen molar-refractivity contribution in [2.75, 3.05) is 6.54 Å². The van der Waals surface area contributed by atoms with Gasteiger partial charge >= 0.3 is 0 Å². The summed E-state index contributed by atoms with van der Waals surface area (Å²) in [6.07, 6.45) is 1.94. The third-order valence-corrected chi connectivity index (χ3v) is 5.88. The van der Waals surface area contributed by atoms with Gasteiger partial charge in [-0.25, -0.2) is 0 Å². The molecule has 0 aliphatic heterocycles. The van der Waals surface area contributed by atoms with Gasteiger partial charge in [0, 0.05) is 24.7 Å². The first-order valence-electron chi connectivity index (χ1n) is 7.32. The minimum absolute atomic E-state index is 0.304. The predicted molar refractivity (Wildman–Crippen MR) is 97.1 cm³/mol. The van der Waals surface area contributed by atoms with Crippen molar-refractivity contribution in [3.05, 3.63) is 36.7 Å². The van der Waals surface area contributed by atoms with Gasteiger partial charge in [0.1, 0.15) is 0 Å². The van der Waals surface area contributed by atoms with Crippen molar-refractivity contribution < 1.29 is 0 Å². The third kappa shape index (κ3) is 4.18. The predicted octanol–water partition coefficient (Wildman–Crippen LogP) is 4.95. The van der Waals surface area contributed by atoms with Crippen molar-refractivity contribution in [1.29, 1.82) is 0 Å². The molecule has 0 amide bonds. The van der Waals surface area contributed by atoms with E-state index in [1.54, 1.807) is 11.3 Å². The average molecular weight is 435 g/mol. The lowest BCUT2D eigenvalue weighted by Gasteiger charge is -2.18. The first kappa shape index (κ1) is 17.2. The number of hydrogen-bond acceptors (Lipinski definition) is 3. The molecule has 6 heteroatoms. The van der Waals surface area contributed by atoms with Crippen LogP contribution in [0.4, 0.5) is 0 Å². The summed E-state index contributed by atoms with van der Waals surface area (Å²) in [6.45, 7) is 8.32. The Kier molecular flexibility index (Phi) is 6.47. The van der Waals surface area contributed by atoms with Crippen molar-refractivity contribution in [3.8, 4) is 0 Å². The van der Waals surface area contributed by atoms with Gasteiger partial charge in [0.2, 0.25) is 0 Å². The second-order valence-electron chi connectivity index (χ2n) is 4.89. The van der Waals surface area contributed by atoms with Gasteiger partial charge in [0.25, 0.3) is 0 Å². The van der Waals surface area contributed by atoms with Gasteiger partial charge in [0.05, 0.1) is 13.3 Å². The summed E-state index contributed by atoms with van der Waals surface area (Å²) in [5.41, 5.74) is 3.79. The number of rotatable bonds is 7. The number of thiophene rings is 1. The highest BCUT2D eigenvalue weighted by Crippen LogP contribution is 2.36. The maximum atomic E-state index is 4.65. The smallest absolute Gasteiger partial charge is 0.0758 e. The van der Waals surface area contributed by atoms with Gasteiger partial charge in [-0.1, -0.05) is 13.8 Å². The first-order chi connectivity index (χ1) is 10.1. The standard InChI is InChI=1S/C15H21Br2N3S/c1-4-10-7-11(20(6-3)19-10)8-13(18-5-2)12-9-14(16)21-15(12)17/h7,9,13,18H,4-6,8H2,1-3H3. The topological polar surface area (TPSA) is 29.9 Å². The monoisotopic (exact) mass is 433 g/mol. The minimum Gasteiger partial charge on any atom is -0.310 e. The van der Waals surface area contributed by atoms with E-state index in [-0.39, 0.29) is 0 Å². The van der Waals surface area contributed by atoms with E-state index in [4.69, 9.17) is 0 Å². The number of hydrogen-bond donors (Lipinski definition) is 1. The molecule has 0 radical (unpaired) electrons. The summed E-state index contributed by atoms with van der Waals surface area (Å²) < 4.78 is 4.47. The molecule has 2 aromatic rings. The van der Waals surface area contributed by atoms with Crippen LogP contribution in [0.25, 0.3) is 0 Å². The second kappa shape index (κ2) is 7.90. The fourth-order valence-corrected chi connectivity index (χ4v) is 5.44. The lowest BCUT2D eigenvalue weighted by molar-refractivity contribution is 0.515. The molecule has 2 aromatic heterocycles. The lowest BCUT2D eigenvalue weighted by atomic mass is 10.0. The number of aryl methyl sites for hydroxylation is 2. The lowest BCUT2D eigenvalue weighted by Crippen LogP contribution is -2.24. The van der Waals surface area contributed by atoms with Gasteiger partial charge < -0.3 is 5.32 Å². The van der Waals surface area contributed by atoms with Crippen LogP contribution in [0.5, 0.6) is 0 Å².